The summed E-state index contributed by atoms with van der Waals surface area (Å²) in [4.78, 5) is 33.8. The number of methoxy groups -OCH3 is 1. The predicted octanol–water partition coefficient (Wildman–Crippen LogP) is 1.63. The van der Waals surface area contributed by atoms with Crippen molar-refractivity contribution in [3.8, 4) is 11.5 Å². The van der Waals surface area contributed by atoms with Crippen molar-refractivity contribution in [2.75, 3.05) is 13.7 Å². The van der Waals surface area contributed by atoms with E-state index in [0.29, 0.717) is 18.1 Å². The fourth-order valence-corrected chi connectivity index (χ4v) is 2.04. The second-order valence-corrected chi connectivity index (χ2v) is 5.13. The number of nitrogens with one attached hydrogen (secondary N) is 1. The number of benzene rings is 2. The zero-order valence-corrected chi connectivity index (χ0v) is 14.1. The lowest BCUT2D eigenvalue weighted by atomic mass is 10.2. The molecule has 2 aromatic rings. The van der Waals surface area contributed by atoms with Crippen LogP contribution >= 0.6 is 0 Å². The summed E-state index contributed by atoms with van der Waals surface area (Å²) in [6.45, 7) is -0.287. The molecule has 2 aromatic carbocycles. The van der Waals surface area contributed by atoms with Gasteiger partial charge in [0, 0.05) is 0 Å². The Morgan fingerprint density at radius 1 is 1.04 bits per heavy atom. The van der Waals surface area contributed by atoms with Crippen LogP contribution in [0.4, 0.5) is 4.79 Å². The smallest absolute Gasteiger partial charge is 0.338 e. The van der Waals surface area contributed by atoms with Crippen molar-refractivity contribution >= 4 is 17.9 Å². The molecule has 3 N–H and O–H groups in total. The molecular formula is C18H18N2O6. The van der Waals surface area contributed by atoms with E-state index in [1.54, 1.807) is 11.4 Å². The van der Waals surface area contributed by atoms with Gasteiger partial charge in [0.1, 0.15) is 6.61 Å². The molecule has 0 radical (unpaired) electrons. The van der Waals surface area contributed by atoms with E-state index < -0.39 is 24.5 Å². The van der Waals surface area contributed by atoms with E-state index in [0.717, 1.165) is 5.56 Å². The average Bonchev–Trinajstić information content (AvgIpc) is 2.64. The molecular weight excluding hydrogens is 340 g/mol. The molecule has 0 fully saturated rings. The minimum atomic E-state index is -1.02. The van der Waals surface area contributed by atoms with E-state index in [2.05, 4.69) is 0 Å². The third-order valence-corrected chi connectivity index (χ3v) is 3.23. The first kappa shape index (κ1) is 18.8. The van der Waals surface area contributed by atoms with Crippen LogP contribution in [0, 0.1) is 0 Å². The van der Waals surface area contributed by atoms with Gasteiger partial charge in [-0.3, -0.25) is 10.1 Å². The van der Waals surface area contributed by atoms with Crippen molar-refractivity contribution in [1.82, 2.24) is 5.32 Å². The highest BCUT2D eigenvalue weighted by Crippen LogP contribution is 2.29. The van der Waals surface area contributed by atoms with Crippen molar-refractivity contribution in [3.05, 3.63) is 59.7 Å². The number of hydrogen-bond acceptors (Lipinski definition) is 6. The fraction of sp³-hybridized carbons (Fsp3) is 0.167. The van der Waals surface area contributed by atoms with Gasteiger partial charge in [0.2, 0.25) is 0 Å². The van der Waals surface area contributed by atoms with E-state index in [4.69, 9.17) is 19.9 Å². The van der Waals surface area contributed by atoms with Crippen molar-refractivity contribution < 1.29 is 28.6 Å². The first-order valence-corrected chi connectivity index (χ1v) is 7.60. The molecule has 0 unspecified atom stereocenters. The van der Waals surface area contributed by atoms with Crippen LogP contribution in [0.15, 0.2) is 48.5 Å². The molecule has 0 saturated heterocycles. The monoisotopic (exact) mass is 358 g/mol. The lowest BCUT2D eigenvalue weighted by molar-refractivity contribution is -0.123. The molecule has 2 rings (SSSR count). The van der Waals surface area contributed by atoms with Gasteiger partial charge in [-0.1, -0.05) is 30.3 Å². The number of carbonyl (C=O) groups is 3. The van der Waals surface area contributed by atoms with Crippen LogP contribution in [0.3, 0.4) is 0 Å². The van der Waals surface area contributed by atoms with Gasteiger partial charge in [0.15, 0.2) is 18.1 Å². The summed E-state index contributed by atoms with van der Waals surface area (Å²) in [5, 5.41) is 1.79. The van der Waals surface area contributed by atoms with Crippen molar-refractivity contribution in [1.29, 1.82) is 0 Å². The van der Waals surface area contributed by atoms with E-state index >= 15 is 0 Å². The number of amides is 3. The molecule has 3 amide bonds. The number of ether oxygens (including phenoxy) is 3. The summed E-state index contributed by atoms with van der Waals surface area (Å²) < 4.78 is 15.7. The van der Waals surface area contributed by atoms with Gasteiger partial charge in [0.25, 0.3) is 5.91 Å². The summed E-state index contributed by atoms with van der Waals surface area (Å²) in [5.41, 5.74) is 5.95. The Bertz CT molecular complexity index is 792. The van der Waals surface area contributed by atoms with Gasteiger partial charge in [0.05, 0.1) is 12.7 Å². The summed E-state index contributed by atoms with van der Waals surface area (Å²) in [7, 11) is 1.44. The molecule has 8 nitrogen and oxygen atoms in total. The largest absolute Gasteiger partial charge is 0.493 e. The number of urea groups is 1. The molecule has 8 heteroatoms. The Kier molecular flexibility index (Phi) is 6.55. The summed E-state index contributed by atoms with van der Waals surface area (Å²) in [6, 6.07) is 13.0. The van der Waals surface area contributed by atoms with Gasteiger partial charge < -0.3 is 19.9 Å². The first-order chi connectivity index (χ1) is 12.5. The van der Waals surface area contributed by atoms with Crippen LogP contribution in [0.2, 0.25) is 0 Å². The average molecular weight is 358 g/mol. The number of hydrogen-bond donors (Lipinski definition) is 2. The van der Waals surface area contributed by atoms with Crippen LogP contribution in [0.5, 0.6) is 11.5 Å². The highest BCUT2D eigenvalue weighted by Gasteiger charge is 2.14. The maximum atomic E-state index is 12.0. The summed E-state index contributed by atoms with van der Waals surface area (Å²) in [5.74, 6) is -0.769. The quantitative estimate of drug-likeness (QED) is 0.727. The third kappa shape index (κ3) is 5.52. The summed E-state index contributed by atoms with van der Waals surface area (Å²) in [6.07, 6.45) is 0. The Labute approximate surface area is 149 Å². The van der Waals surface area contributed by atoms with Crippen LogP contribution in [-0.2, 0) is 16.1 Å². The van der Waals surface area contributed by atoms with Crippen LogP contribution in [0.1, 0.15) is 15.9 Å². The van der Waals surface area contributed by atoms with E-state index in [1.165, 1.54) is 19.2 Å². The second kappa shape index (κ2) is 9.07. The highest BCUT2D eigenvalue weighted by atomic mass is 16.5. The van der Waals surface area contributed by atoms with Crippen molar-refractivity contribution in [2.45, 2.75) is 6.61 Å². The zero-order chi connectivity index (χ0) is 18.9. The molecule has 0 aliphatic rings. The maximum absolute atomic E-state index is 12.0. The summed E-state index contributed by atoms with van der Waals surface area (Å²) >= 11 is 0. The van der Waals surface area contributed by atoms with E-state index in [9.17, 15) is 14.4 Å². The Balaban J connectivity index is 1.99. The van der Waals surface area contributed by atoms with Gasteiger partial charge in [-0.25, -0.2) is 9.59 Å². The minimum absolute atomic E-state index is 0.167. The Hall–Kier alpha value is -3.55. The number of nitrogens with two attached hydrogens (primary N) is 1. The second-order valence-electron chi connectivity index (χ2n) is 5.13. The first-order valence-electron chi connectivity index (χ1n) is 7.60. The molecule has 26 heavy (non-hydrogen) atoms. The van der Waals surface area contributed by atoms with Crippen LogP contribution < -0.4 is 20.5 Å². The molecule has 0 bridgehead atoms. The maximum Gasteiger partial charge on any atom is 0.338 e. The fourth-order valence-electron chi connectivity index (χ4n) is 2.04. The lowest BCUT2D eigenvalue weighted by Crippen LogP contribution is -2.37. The van der Waals surface area contributed by atoms with E-state index in [1.807, 2.05) is 30.3 Å². The molecule has 0 aliphatic carbocycles. The zero-order valence-electron chi connectivity index (χ0n) is 14.1. The molecule has 0 aromatic heterocycles. The minimum Gasteiger partial charge on any atom is -0.493 e. The Morgan fingerprint density at radius 2 is 1.77 bits per heavy atom. The SMILES string of the molecule is COc1cc(C(=O)OCC(=O)NC(N)=O)ccc1OCc1ccccc1. The van der Waals surface area contributed by atoms with Gasteiger partial charge >= 0.3 is 12.0 Å². The Morgan fingerprint density at radius 3 is 2.42 bits per heavy atom. The van der Waals surface area contributed by atoms with Crippen molar-refractivity contribution in [2.24, 2.45) is 5.73 Å². The van der Waals surface area contributed by atoms with Crippen LogP contribution in [0.25, 0.3) is 0 Å². The van der Waals surface area contributed by atoms with Gasteiger partial charge in [-0.05, 0) is 23.8 Å². The molecule has 0 atom stereocenters. The topological polar surface area (TPSA) is 117 Å². The number of esters is 1. The number of rotatable bonds is 7. The van der Waals surface area contributed by atoms with Gasteiger partial charge in [-0.15, -0.1) is 0 Å². The molecule has 0 aliphatic heterocycles. The molecule has 0 spiro atoms. The molecule has 0 saturated carbocycles. The third-order valence-electron chi connectivity index (χ3n) is 3.23. The number of imide groups is 1. The van der Waals surface area contributed by atoms with Crippen molar-refractivity contribution in [3.63, 3.8) is 0 Å². The predicted molar refractivity (Wildman–Crippen MR) is 91.8 cm³/mol. The lowest BCUT2D eigenvalue weighted by Gasteiger charge is -2.12. The van der Waals surface area contributed by atoms with Gasteiger partial charge in [-0.2, -0.15) is 0 Å². The standard InChI is InChI=1S/C18H18N2O6/c1-24-15-9-13(17(22)26-11-16(21)20-18(19)23)7-8-14(15)25-10-12-5-3-2-4-6-12/h2-9H,10-11H2,1H3,(H3,19,20,21,23). The highest BCUT2D eigenvalue weighted by molar-refractivity contribution is 5.96. The van der Waals surface area contributed by atoms with E-state index in [-0.39, 0.29) is 5.56 Å². The number of carbonyl (C=O) groups excluding carboxylic acids is 3. The van der Waals surface area contributed by atoms with Crippen LogP contribution in [-0.4, -0.2) is 31.6 Å². The normalized spacial score (nSPS) is 9.88. The molecule has 0 heterocycles. The molecule has 136 valence electrons. The number of primary amides is 1.